The third kappa shape index (κ3) is 7.95. The molecule has 0 heterocycles. The molecular weight excluding hydrogens is 252 g/mol. The average molecular weight is 278 g/mol. The van der Waals surface area contributed by atoms with Crippen LogP contribution in [0.25, 0.3) is 0 Å². The minimum absolute atomic E-state index is 0.0457. The standard InChI is InChI=1S/C12H26N2OS2/c1-8(2)12(14-10(4)15)7-17-6-9(3)11(13)5-16/h8-9,11-12,16H,5-7,13H2,1-4H3,(H,14,15). The number of nitrogens with two attached hydrogens (primary N) is 1. The largest absolute Gasteiger partial charge is 0.353 e. The fraction of sp³-hybridized carbons (Fsp3) is 0.917. The molecule has 0 radical (unpaired) electrons. The number of nitrogens with one attached hydrogen (secondary N) is 1. The number of amides is 1. The molecule has 0 aliphatic heterocycles. The van der Waals surface area contributed by atoms with E-state index in [1.165, 1.54) is 0 Å². The lowest BCUT2D eigenvalue weighted by Crippen LogP contribution is -2.39. The van der Waals surface area contributed by atoms with Crippen molar-refractivity contribution in [3.05, 3.63) is 0 Å². The maximum absolute atomic E-state index is 11.1. The smallest absolute Gasteiger partial charge is 0.217 e. The first-order valence-electron chi connectivity index (χ1n) is 6.09. The highest BCUT2D eigenvalue weighted by Crippen LogP contribution is 2.15. The van der Waals surface area contributed by atoms with Crippen LogP contribution in [-0.4, -0.2) is 35.2 Å². The van der Waals surface area contributed by atoms with Crippen LogP contribution < -0.4 is 11.1 Å². The molecule has 0 rings (SSSR count). The number of carbonyl (C=O) groups is 1. The van der Waals surface area contributed by atoms with Gasteiger partial charge in [0.15, 0.2) is 0 Å². The Morgan fingerprint density at radius 2 is 1.94 bits per heavy atom. The fourth-order valence-electron chi connectivity index (χ4n) is 1.35. The van der Waals surface area contributed by atoms with E-state index in [9.17, 15) is 4.79 Å². The van der Waals surface area contributed by atoms with E-state index in [1.54, 1.807) is 6.92 Å². The van der Waals surface area contributed by atoms with E-state index < -0.39 is 0 Å². The molecule has 3 unspecified atom stereocenters. The normalized spacial score (nSPS) is 16.6. The predicted octanol–water partition coefficient (Wildman–Crippen LogP) is 1.77. The van der Waals surface area contributed by atoms with E-state index in [2.05, 4.69) is 38.7 Å². The van der Waals surface area contributed by atoms with Crippen molar-refractivity contribution >= 4 is 30.3 Å². The summed E-state index contributed by atoms with van der Waals surface area (Å²) < 4.78 is 0. The van der Waals surface area contributed by atoms with Gasteiger partial charge in [-0.3, -0.25) is 4.79 Å². The van der Waals surface area contributed by atoms with E-state index >= 15 is 0 Å². The highest BCUT2D eigenvalue weighted by atomic mass is 32.2. The highest BCUT2D eigenvalue weighted by molar-refractivity contribution is 7.99. The van der Waals surface area contributed by atoms with Crippen LogP contribution in [0.4, 0.5) is 0 Å². The van der Waals surface area contributed by atoms with Crippen molar-refractivity contribution in [3.8, 4) is 0 Å². The molecule has 1 amide bonds. The Kier molecular flexibility index (Phi) is 9.18. The van der Waals surface area contributed by atoms with Gasteiger partial charge in [-0.15, -0.1) is 0 Å². The molecule has 3 atom stereocenters. The van der Waals surface area contributed by atoms with Gasteiger partial charge in [-0.1, -0.05) is 20.8 Å². The molecule has 0 aromatic heterocycles. The van der Waals surface area contributed by atoms with Crippen molar-refractivity contribution in [3.63, 3.8) is 0 Å². The first-order valence-corrected chi connectivity index (χ1v) is 7.88. The second-order valence-electron chi connectivity index (χ2n) is 4.91. The molecule has 0 aliphatic rings. The second kappa shape index (κ2) is 9.11. The van der Waals surface area contributed by atoms with Crippen LogP contribution in [0.1, 0.15) is 27.7 Å². The van der Waals surface area contributed by atoms with E-state index in [0.717, 1.165) is 17.3 Å². The molecular formula is C12H26N2OS2. The summed E-state index contributed by atoms with van der Waals surface area (Å²) in [5.41, 5.74) is 5.91. The Hall–Kier alpha value is 0.130. The lowest BCUT2D eigenvalue weighted by Gasteiger charge is -2.23. The summed E-state index contributed by atoms with van der Waals surface area (Å²) in [6, 6.07) is 0.404. The van der Waals surface area contributed by atoms with Gasteiger partial charge in [0.05, 0.1) is 0 Å². The first kappa shape index (κ1) is 17.1. The van der Waals surface area contributed by atoms with E-state index in [-0.39, 0.29) is 18.0 Å². The quantitative estimate of drug-likeness (QED) is 0.593. The van der Waals surface area contributed by atoms with Crippen molar-refractivity contribution in [1.82, 2.24) is 5.32 Å². The topological polar surface area (TPSA) is 55.1 Å². The molecule has 5 heteroatoms. The second-order valence-corrected chi connectivity index (χ2v) is 6.35. The van der Waals surface area contributed by atoms with E-state index in [0.29, 0.717) is 11.8 Å². The number of hydrogen-bond donors (Lipinski definition) is 3. The zero-order valence-electron chi connectivity index (χ0n) is 11.3. The monoisotopic (exact) mass is 278 g/mol. The van der Waals surface area contributed by atoms with Crippen molar-refractivity contribution in [2.45, 2.75) is 39.8 Å². The number of carbonyl (C=O) groups excluding carboxylic acids is 1. The average Bonchev–Trinajstić information content (AvgIpc) is 2.25. The summed E-state index contributed by atoms with van der Waals surface area (Å²) in [5, 5.41) is 2.99. The Bertz CT molecular complexity index is 225. The van der Waals surface area contributed by atoms with Crippen LogP contribution in [0.2, 0.25) is 0 Å². The summed E-state index contributed by atoms with van der Waals surface area (Å²) in [5.74, 6) is 3.65. The number of thioether (sulfide) groups is 1. The number of thiol groups is 1. The van der Waals surface area contributed by atoms with Crippen molar-refractivity contribution in [2.24, 2.45) is 17.6 Å². The van der Waals surface area contributed by atoms with E-state index in [4.69, 9.17) is 5.73 Å². The zero-order chi connectivity index (χ0) is 13.4. The van der Waals surface area contributed by atoms with Gasteiger partial charge in [0.2, 0.25) is 5.91 Å². The van der Waals surface area contributed by atoms with Gasteiger partial charge >= 0.3 is 0 Å². The molecule has 0 fully saturated rings. The Labute approximate surface area is 115 Å². The Morgan fingerprint density at radius 3 is 2.35 bits per heavy atom. The lowest BCUT2D eigenvalue weighted by molar-refractivity contribution is -0.119. The Morgan fingerprint density at radius 1 is 1.35 bits per heavy atom. The summed E-state index contributed by atoms with van der Waals surface area (Å²) >= 11 is 6.06. The summed E-state index contributed by atoms with van der Waals surface area (Å²) in [4.78, 5) is 11.1. The summed E-state index contributed by atoms with van der Waals surface area (Å²) in [7, 11) is 0. The van der Waals surface area contributed by atoms with Gasteiger partial charge < -0.3 is 11.1 Å². The maximum Gasteiger partial charge on any atom is 0.217 e. The molecule has 0 bridgehead atoms. The Balaban J connectivity index is 3.93. The molecule has 0 saturated heterocycles. The fourth-order valence-corrected chi connectivity index (χ4v) is 3.18. The molecule has 0 aliphatic carbocycles. The molecule has 0 saturated carbocycles. The van der Waals surface area contributed by atoms with Gasteiger partial charge in [-0.2, -0.15) is 24.4 Å². The first-order chi connectivity index (χ1) is 7.88. The lowest BCUT2D eigenvalue weighted by atomic mass is 10.1. The van der Waals surface area contributed by atoms with Gasteiger partial charge in [-0.25, -0.2) is 0 Å². The molecule has 102 valence electrons. The highest BCUT2D eigenvalue weighted by Gasteiger charge is 2.16. The summed E-state index contributed by atoms with van der Waals surface area (Å²) in [6.07, 6.45) is 0. The summed E-state index contributed by atoms with van der Waals surface area (Å²) in [6.45, 7) is 7.98. The van der Waals surface area contributed by atoms with Crippen molar-refractivity contribution < 1.29 is 4.79 Å². The van der Waals surface area contributed by atoms with Crippen LogP contribution in [0.5, 0.6) is 0 Å². The third-order valence-corrected chi connectivity index (χ3v) is 4.59. The molecule has 3 N–H and O–H groups in total. The number of rotatable bonds is 8. The van der Waals surface area contributed by atoms with Crippen LogP contribution >= 0.6 is 24.4 Å². The van der Waals surface area contributed by atoms with Gasteiger partial charge in [-0.05, 0) is 17.6 Å². The number of hydrogen-bond acceptors (Lipinski definition) is 4. The minimum Gasteiger partial charge on any atom is -0.353 e. The minimum atomic E-state index is 0.0457. The van der Waals surface area contributed by atoms with Crippen LogP contribution in [0.3, 0.4) is 0 Å². The van der Waals surface area contributed by atoms with Crippen LogP contribution in [-0.2, 0) is 4.79 Å². The molecule has 0 aromatic rings. The predicted molar refractivity (Wildman–Crippen MR) is 80.8 cm³/mol. The van der Waals surface area contributed by atoms with Crippen molar-refractivity contribution in [2.75, 3.05) is 17.3 Å². The maximum atomic E-state index is 11.1. The van der Waals surface area contributed by atoms with Gasteiger partial charge in [0, 0.05) is 30.5 Å². The van der Waals surface area contributed by atoms with Crippen molar-refractivity contribution in [1.29, 1.82) is 0 Å². The zero-order valence-corrected chi connectivity index (χ0v) is 13.0. The molecule has 3 nitrogen and oxygen atoms in total. The van der Waals surface area contributed by atoms with Crippen LogP contribution in [0, 0.1) is 11.8 Å². The third-order valence-electron chi connectivity index (χ3n) is 2.81. The molecule has 0 spiro atoms. The van der Waals surface area contributed by atoms with Crippen LogP contribution in [0.15, 0.2) is 0 Å². The molecule has 0 aromatic carbocycles. The van der Waals surface area contributed by atoms with E-state index in [1.807, 2.05) is 11.8 Å². The van der Waals surface area contributed by atoms with Gasteiger partial charge in [0.25, 0.3) is 0 Å². The SMILES string of the molecule is CC(=O)NC(CSCC(C)C(N)CS)C(C)C. The van der Waals surface area contributed by atoms with Gasteiger partial charge in [0.1, 0.15) is 0 Å². The molecule has 17 heavy (non-hydrogen) atoms.